The Hall–Kier alpha value is -0.830. The fraction of sp³-hybridized carbons (Fsp3) is 0.864. The third-order valence-electron chi connectivity index (χ3n) is 9.41. The molecule has 0 aromatic heterocycles. The van der Waals surface area contributed by atoms with Crippen molar-refractivity contribution in [1.82, 2.24) is 0 Å². The van der Waals surface area contributed by atoms with Crippen LogP contribution in [0, 0.1) is 28.6 Å². The van der Waals surface area contributed by atoms with Crippen molar-refractivity contribution in [1.29, 1.82) is 0 Å². The second kappa shape index (κ2) is 5.12. The number of carbonyl (C=O) groups is 1. The summed E-state index contributed by atoms with van der Waals surface area (Å²) in [5.41, 5.74) is 1.85. The van der Waals surface area contributed by atoms with Gasteiger partial charge >= 0.3 is 5.97 Å². The number of esters is 1. The minimum absolute atomic E-state index is 0.0306. The lowest BCUT2D eigenvalue weighted by molar-refractivity contribution is -0.167. The van der Waals surface area contributed by atoms with E-state index in [1.165, 1.54) is 31.3 Å². The second-order valence-electron chi connectivity index (χ2n) is 10.1. The molecule has 1 saturated heterocycles. The molecule has 3 saturated carbocycles. The minimum atomic E-state index is -0.159. The lowest BCUT2D eigenvalue weighted by Crippen LogP contribution is -2.54. The Morgan fingerprint density at radius 3 is 2.64 bits per heavy atom. The average molecular weight is 344 g/mol. The Morgan fingerprint density at radius 2 is 1.88 bits per heavy atom. The van der Waals surface area contributed by atoms with E-state index in [0.29, 0.717) is 17.8 Å². The molecule has 0 unspecified atom stereocenters. The van der Waals surface area contributed by atoms with Gasteiger partial charge in [-0.25, -0.2) is 0 Å². The van der Waals surface area contributed by atoms with Gasteiger partial charge in [0.15, 0.2) is 0 Å². The van der Waals surface area contributed by atoms with Crippen molar-refractivity contribution < 1.29 is 14.6 Å². The van der Waals surface area contributed by atoms with Gasteiger partial charge in [0, 0.05) is 11.8 Å². The van der Waals surface area contributed by atoms with Crippen molar-refractivity contribution >= 4 is 5.97 Å². The standard InChI is InChI=1S/C22H32O3/c1-20-9-5-15(23)13-14(20)3-4-16-17(20)6-10-21(2)18(16)7-11-22(21)12-8-19(24)25-22/h3,15-18,23H,4-13H2,1-2H3/t15-,16-,17+,18+,20+,21+,22-/m1/s1. The van der Waals surface area contributed by atoms with Crippen LogP contribution in [0.25, 0.3) is 0 Å². The van der Waals surface area contributed by atoms with Gasteiger partial charge in [-0.15, -0.1) is 0 Å². The van der Waals surface area contributed by atoms with Crippen molar-refractivity contribution in [2.45, 2.75) is 89.8 Å². The number of aliphatic hydroxyl groups is 1. The number of carbonyl (C=O) groups excluding carboxylic acids is 1. The zero-order chi connectivity index (χ0) is 17.4. The summed E-state index contributed by atoms with van der Waals surface area (Å²) in [6, 6.07) is 0. The van der Waals surface area contributed by atoms with E-state index in [1.54, 1.807) is 0 Å². The first kappa shape index (κ1) is 16.4. The van der Waals surface area contributed by atoms with Crippen LogP contribution in [0.4, 0.5) is 0 Å². The molecule has 5 aliphatic rings. The number of hydrogen-bond acceptors (Lipinski definition) is 3. The van der Waals surface area contributed by atoms with Crippen molar-refractivity contribution in [2.75, 3.05) is 0 Å². The Labute approximate surface area is 151 Å². The summed E-state index contributed by atoms with van der Waals surface area (Å²) >= 11 is 0. The van der Waals surface area contributed by atoms with Crippen molar-refractivity contribution in [3.05, 3.63) is 11.6 Å². The lowest BCUT2D eigenvalue weighted by Gasteiger charge is -2.59. The van der Waals surface area contributed by atoms with Gasteiger partial charge in [0.1, 0.15) is 5.60 Å². The van der Waals surface area contributed by atoms with Crippen LogP contribution in [0.2, 0.25) is 0 Å². The summed E-state index contributed by atoms with van der Waals surface area (Å²) in [5, 5.41) is 10.1. The maximum atomic E-state index is 11.9. The summed E-state index contributed by atoms with van der Waals surface area (Å²) in [5.74, 6) is 2.22. The fourth-order valence-electron chi connectivity index (χ4n) is 7.94. The van der Waals surface area contributed by atoms with Gasteiger partial charge in [0.05, 0.1) is 6.10 Å². The number of rotatable bonds is 0. The SMILES string of the molecule is C[C@]12CC[C@@H](O)CC1=CC[C@@H]1[C@@H]2CC[C@@]2(C)[C@H]1CC[C@@]21CCC(=O)O1. The molecule has 4 fully saturated rings. The zero-order valence-corrected chi connectivity index (χ0v) is 15.7. The zero-order valence-electron chi connectivity index (χ0n) is 15.7. The fourth-order valence-corrected chi connectivity index (χ4v) is 7.94. The molecule has 1 N–H and O–H groups in total. The summed E-state index contributed by atoms with van der Waals surface area (Å²) in [7, 11) is 0. The van der Waals surface area contributed by atoms with Gasteiger partial charge in [-0.05, 0) is 81.0 Å². The number of hydrogen-bond donors (Lipinski definition) is 1. The maximum absolute atomic E-state index is 11.9. The van der Waals surface area contributed by atoms with E-state index in [2.05, 4.69) is 19.9 Å². The van der Waals surface area contributed by atoms with Crippen LogP contribution in [-0.4, -0.2) is 22.8 Å². The summed E-state index contributed by atoms with van der Waals surface area (Å²) in [6.07, 6.45) is 12.9. The van der Waals surface area contributed by atoms with Gasteiger partial charge < -0.3 is 9.84 Å². The number of fused-ring (bicyclic) bond motifs is 6. The van der Waals surface area contributed by atoms with Gasteiger partial charge in [-0.1, -0.05) is 25.5 Å². The normalized spacial score (nSPS) is 54.5. The molecule has 138 valence electrons. The van der Waals surface area contributed by atoms with Crippen LogP contribution >= 0.6 is 0 Å². The Balaban J connectivity index is 1.49. The predicted molar refractivity (Wildman–Crippen MR) is 95.8 cm³/mol. The smallest absolute Gasteiger partial charge is 0.306 e. The largest absolute Gasteiger partial charge is 0.458 e. The van der Waals surface area contributed by atoms with Crippen LogP contribution < -0.4 is 0 Å². The third kappa shape index (κ3) is 1.99. The van der Waals surface area contributed by atoms with E-state index >= 15 is 0 Å². The Kier molecular flexibility index (Phi) is 3.35. The highest BCUT2D eigenvalue weighted by Crippen LogP contribution is 2.69. The van der Waals surface area contributed by atoms with E-state index in [4.69, 9.17) is 4.74 Å². The molecule has 7 atom stereocenters. The molecule has 3 heteroatoms. The summed E-state index contributed by atoms with van der Waals surface area (Å²) < 4.78 is 6.02. The van der Waals surface area contributed by atoms with E-state index in [-0.39, 0.29) is 23.1 Å². The molecule has 0 radical (unpaired) electrons. The van der Waals surface area contributed by atoms with Crippen molar-refractivity contribution in [3.63, 3.8) is 0 Å². The summed E-state index contributed by atoms with van der Waals surface area (Å²) in [6.45, 7) is 4.91. The van der Waals surface area contributed by atoms with E-state index < -0.39 is 0 Å². The first-order valence-electron chi connectivity index (χ1n) is 10.5. The molecule has 1 aliphatic heterocycles. The Bertz CT molecular complexity index is 639. The van der Waals surface area contributed by atoms with Crippen LogP contribution in [0.1, 0.15) is 78.1 Å². The van der Waals surface area contributed by atoms with E-state index in [0.717, 1.165) is 43.9 Å². The molecule has 0 amide bonds. The molecule has 4 aliphatic carbocycles. The van der Waals surface area contributed by atoms with E-state index in [9.17, 15) is 9.90 Å². The first-order valence-corrected chi connectivity index (χ1v) is 10.5. The van der Waals surface area contributed by atoms with Crippen LogP contribution in [0.5, 0.6) is 0 Å². The Morgan fingerprint density at radius 1 is 1.08 bits per heavy atom. The monoisotopic (exact) mass is 344 g/mol. The first-order chi connectivity index (χ1) is 11.9. The van der Waals surface area contributed by atoms with Crippen molar-refractivity contribution in [3.8, 4) is 0 Å². The number of aliphatic hydroxyl groups excluding tert-OH is 1. The lowest BCUT2D eigenvalue weighted by atomic mass is 9.47. The number of ether oxygens (including phenoxy) is 1. The predicted octanol–water partition coefficient (Wildman–Crippen LogP) is 4.39. The molecule has 25 heavy (non-hydrogen) atoms. The van der Waals surface area contributed by atoms with Crippen LogP contribution in [-0.2, 0) is 9.53 Å². The second-order valence-corrected chi connectivity index (χ2v) is 10.1. The molecule has 1 heterocycles. The molecule has 0 bridgehead atoms. The average Bonchev–Trinajstić information content (AvgIpc) is 3.10. The van der Waals surface area contributed by atoms with E-state index in [1.807, 2.05) is 0 Å². The van der Waals surface area contributed by atoms with Gasteiger partial charge in [-0.3, -0.25) is 4.79 Å². The van der Waals surface area contributed by atoms with Gasteiger partial charge in [0.25, 0.3) is 0 Å². The highest BCUT2D eigenvalue weighted by molar-refractivity contribution is 5.72. The van der Waals surface area contributed by atoms with Crippen molar-refractivity contribution in [2.24, 2.45) is 28.6 Å². The van der Waals surface area contributed by atoms with Crippen LogP contribution in [0.15, 0.2) is 11.6 Å². The highest BCUT2D eigenvalue weighted by atomic mass is 16.6. The van der Waals surface area contributed by atoms with Gasteiger partial charge in [0.2, 0.25) is 0 Å². The highest BCUT2D eigenvalue weighted by Gasteiger charge is 2.66. The summed E-state index contributed by atoms with van der Waals surface area (Å²) in [4.78, 5) is 11.9. The molecule has 0 aromatic rings. The maximum Gasteiger partial charge on any atom is 0.306 e. The molecular weight excluding hydrogens is 312 g/mol. The molecule has 1 spiro atoms. The quantitative estimate of drug-likeness (QED) is 0.524. The topological polar surface area (TPSA) is 46.5 Å². The minimum Gasteiger partial charge on any atom is -0.458 e. The number of allylic oxidation sites excluding steroid dienone is 1. The van der Waals surface area contributed by atoms with Gasteiger partial charge in [-0.2, -0.15) is 0 Å². The molecule has 5 rings (SSSR count). The molecular formula is C22H32O3. The third-order valence-corrected chi connectivity index (χ3v) is 9.41. The molecule has 0 aromatic carbocycles. The molecule has 3 nitrogen and oxygen atoms in total. The van der Waals surface area contributed by atoms with Crippen LogP contribution in [0.3, 0.4) is 0 Å².